The molecule has 2 atom stereocenters. The number of hydrogen-bond acceptors (Lipinski definition) is 6. The van der Waals surface area contributed by atoms with Gasteiger partial charge in [0.15, 0.2) is 0 Å². The van der Waals surface area contributed by atoms with Crippen LogP contribution in [0.5, 0.6) is 0 Å². The van der Waals surface area contributed by atoms with Crippen LogP contribution in [0.4, 0.5) is 4.39 Å². The molecule has 180 valence electrons. The third-order valence-corrected chi connectivity index (χ3v) is 7.68. The predicted molar refractivity (Wildman–Crippen MR) is 124 cm³/mol. The van der Waals surface area contributed by atoms with Gasteiger partial charge in [-0.25, -0.2) is 9.37 Å². The van der Waals surface area contributed by atoms with Crippen molar-refractivity contribution in [1.82, 2.24) is 14.9 Å². The predicted octanol–water partition coefficient (Wildman–Crippen LogP) is 2.52. The van der Waals surface area contributed by atoms with Crippen LogP contribution >= 0.6 is 0 Å². The number of aryl methyl sites for hydroxylation is 1. The molecule has 4 heterocycles. The lowest BCUT2D eigenvalue weighted by molar-refractivity contribution is -0.148. The summed E-state index contributed by atoms with van der Waals surface area (Å²) in [5.41, 5.74) is 5.52. The molecule has 0 fully saturated rings. The first-order chi connectivity index (χ1) is 16.8. The first-order valence-electron chi connectivity index (χ1n) is 11.8. The molecule has 1 aromatic carbocycles. The van der Waals surface area contributed by atoms with Gasteiger partial charge in [0.2, 0.25) is 5.91 Å². The molecule has 6 rings (SSSR count). The second-order valence-corrected chi connectivity index (χ2v) is 9.45. The molecule has 1 amide bonds. The molecule has 0 spiro atoms. The minimum absolute atomic E-state index is 0.0634. The highest BCUT2D eigenvalue weighted by Gasteiger charge is 2.37. The number of nitrogens with one attached hydrogen (secondary N) is 1. The SMILES string of the molecule is CCC1C(=O)OCc2c1cc1n(c2=O)Cc2c-1nc1cc(F)c(C)c3c1c2C(NC(=O)CO)CC3. The summed E-state index contributed by atoms with van der Waals surface area (Å²) in [6.45, 7) is 3.16. The van der Waals surface area contributed by atoms with E-state index in [1.54, 1.807) is 11.5 Å². The van der Waals surface area contributed by atoms with Crippen LogP contribution in [0.2, 0.25) is 0 Å². The first-order valence-corrected chi connectivity index (χ1v) is 11.8. The van der Waals surface area contributed by atoms with E-state index in [1.165, 1.54) is 6.07 Å². The number of rotatable bonds is 3. The number of carbonyl (C=O) groups excluding carboxylic acids is 2. The normalized spacial score (nSPS) is 19.7. The van der Waals surface area contributed by atoms with Gasteiger partial charge in [0, 0.05) is 17.0 Å². The van der Waals surface area contributed by atoms with E-state index in [1.807, 2.05) is 13.0 Å². The number of pyridine rings is 2. The van der Waals surface area contributed by atoms with Gasteiger partial charge in [0.05, 0.1) is 41.0 Å². The van der Waals surface area contributed by atoms with Crippen LogP contribution in [0.1, 0.15) is 65.1 Å². The number of cyclic esters (lactones) is 1. The first kappa shape index (κ1) is 21.9. The van der Waals surface area contributed by atoms with Gasteiger partial charge in [-0.1, -0.05) is 6.92 Å². The number of ether oxygens (including phenoxy) is 1. The average Bonchev–Trinajstić information content (AvgIpc) is 3.21. The maximum atomic E-state index is 14.8. The number of aliphatic hydroxyl groups is 1. The van der Waals surface area contributed by atoms with Gasteiger partial charge in [0.1, 0.15) is 19.0 Å². The van der Waals surface area contributed by atoms with Gasteiger partial charge in [-0.3, -0.25) is 14.4 Å². The van der Waals surface area contributed by atoms with Crippen LogP contribution < -0.4 is 10.9 Å². The maximum absolute atomic E-state index is 14.8. The van der Waals surface area contributed by atoms with E-state index in [2.05, 4.69) is 5.32 Å². The Bertz CT molecular complexity index is 1530. The van der Waals surface area contributed by atoms with E-state index in [0.29, 0.717) is 52.9 Å². The van der Waals surface area contributed by atoms with E-state index in [0.717, 1.165) is 22.1 Å². The van der Waals surface area contributed by atoms with Crippen molar-refractivity contribution in [2.75, 3.05) is 6.61 Å². The number of fused-ring (bicyclic) bond motifs is 5. The fourth-order valence-electron chi connectivity index (χ4n) is 5.96. The van der Waals surface area contributed by atoms with Gasteiger partial charge in [-0.05, 0) is 54.5 Å². The van der Waals surface area contributed by atoms with Gasteiger partial charge in [0.25, 0.3) is 5.56 Å². The lowest BCUT2D eigenvalue weighted by Crippen LogP contribution is -2.34. The largest absolute Gasteiger partial charge is 0.460 e. The monoisotopic (exact) mass is 477 g/mol. The van der Waals surface area contributed by atoms with Crippen LogP contribution in [0.15, 0.2) is 16.9 Å². The molecule has 2 aromatic heterocycles. The molecule has 8 nitrogen and oxygen atoms in total. The molecule has 2 unspecified atom stereocenters. The van der Waals surface area contributed by atoms with Crippen LogP contribution in [0.25, 0.3) is 22.3 Å². The zero-order valence-corrected chi connectivity index (χ0v) is 19.4. The number of esters is 1. The Hall–Kier alpha value is -3.59. The van der Waals surface area contributed by atoms with Crippen molar-refractivity contribution in [1.29, 1.82) is 0 Å². The summed E-state index contributed by atoms with van der Waals surface area (Å²) in [5, 5.41) is 13.0. The maximum Gasteiger partial charge on any atom is 0.313 e. The Labute approximate surface area is 199 Å². The van der Waals surface area contributed by atoms with Crippen molar-refractivity contribution >= 4 is 22.8 Å². The van der Waals surface area contributed by atoms with Crippen LogP contribution in [0, 0.1) is 12.7 Å². The van der Waals surface area contributed by atoms with Crippen molar-refractivity contribution in [2.45, 2.75) is 58.2 Å². The standard InChI is InChI=1S/C26H24FN3O5/c1-3-12-14-6-20-24-15(8-30(20)25(33)16(14)10-35-26(12)34)23-18(28-21(32)9-31)5-4-13-11(2)17(27)7-19(29-24)22(13)23/h6-7,12,18,31H,3-5,8-10H2,1-2H3,(H,28,32). The van der Waals surface area contributed by atoms with Crippen LogP contribution in [-0.2, 0) is 33.9 Å². The van der Waals surface area contributed by atoms with Crippen molar-refractivity contribution in [2.24, 2.45) is 0 Å². The highest BCUT2D eigenvalue weighted by atomic mass is 19.1. The summed E-state index contributed by atoms with van der Waals surface area (Å²) in [6, 6.07) is 2.84. The molecule has 3 aliphatic rings. The highest BCUT2D eigenvalue weighted by molar-refractivity contribution is 5.93. The van der Waals surface area contributed by atoms with Gasteiger partial charge >= 0.3 is 5.97 Å². The number of aromatic nitrogens is 2. The third-order valence-electron chi connectivity index (χ3n) is 7.68. The fourth-order valence-corrected chi connectivity index (χ4v) is 5.96. The number of hydrogen-bond donors (Lipinski definition) is 2. The van der Waals surface area contributed by atoms with E-state index < -0.39 is 24.5 Å². The van der Waals surface area contributed by atoms with Gasteiger partial charge < -0.3 is 19.7 Å². The molecule has 0 bridgehead atoms. The molecule has 1 aliphatic carbocycles. The number of aliphatic hydroxyl groups excluding tert-OH is 1. The van der Waals surface area contributed by atoms with E-state index in [-0.39, 0.29) is 30.5 Å². The molecule has 3 aromatic rings. The van der Waals surface area contributed by atoms with Crippen LogP contribution in [0.3, 0.4) is 0 Å². The molecule has 2 aliphatic heterocycles. The zero-order valence-electron chi connectivity index (χ0n) is 19.4. The van der Waals surface area contributed by atoms with Crippen molar-refractivity contribution in [3.63, 3.8) is 0 Å². The second-order valence-electron chi connectivity index (χ2n) is 9.45. The zero-order chi connectivity index (χ0) is 24.6. The Morgan fingerprint density at radius 3 is 2.83 bits per heavy atom. The number of benzene rings is 1. The molecule has 35 heavy (non-hydrogen) atoms. The molecular formula is C26H24FN3O5. The molecular weight excluding hydrogens is 453 g/mol. The summed E-state index contributed by atoms with van der Waals surface area (Å²) in [5.74, 6) is -1.72. The van der Waals surface area contributed by atoms with E-state index in [9.17, 15) is 23.9 Å². The average molecular weight is 477 g/mol. The quantitative estimate of drug-likeness (QED) is 0.439. The molecule has 9 heteroatoms. The minimum atomic E-state index is -0.638. The Kier molecular flexibility index (Phi) is 4.83. The number of nitrogens with zero attached hydrogens (tertiary/aromatic N) is 2. The molecule has 0 radical (unpaired) electrons. The minimum Gasteiger partial charge on any atom is -0.460 e. The highest BCUT2D eigenvalue weighted by Crippen LogP contribution is 2.45. The van der Waals surface area contributed by atoms with Crippen molar-refractivity contribution in [3.8, 4) is 11.4 Å². The third kappa shape index (κ3) is 3.00. The Balaban J connectivity index is 1.65. The summed E-state index contributed by atoms with van der Waals surface area (Å²) in [6.07, 6.45) is 1.60. The lowest BCUT2D eigenvalue weighted by Gasteiger charge is -2.29. The van der Waals surface area contributed by atoms with Gasteiger partial charge in [-0.15, -0.1) is 0 Å². The summed E-state index contributed by atoms with van der Waals surface area (Å²) >= 11 is 0. The van der Waals surface area contributed by atoms with Crippen molar-refractivity contribution < 1.29 is 23.8 Å². The Morgan fingerprint density at radius 1 is 1.29 bits per heavy atom. The van der Waals surface area contributed by atoms with Crippen LogP contribution in [-0.4, -0.2) is 33.1 Å². The number of halogens is 1. The number of carbonyl (C=O) groups is 2. The summed E-state index contributed by atoms with van der Waals surface area (Å²) < 4.78 is 21.7. The molecule has 0 saturated carbocycles. The molecule has 0 saturated heterocycles. The lowest BCUT2D eigenvalue weighted by atomic mass is 9.81. The smallest absolute Gasteiger partial charge is 0.313 e. The number of amides is 1. The Morgan fingerprint density at radius 2 is 2.09 bits per heavy atom. The van der Waals surface area contributed by atoms with E-state index in [4.69, 9.17) is 9.72 Å². The second kappa shape index (κ2) is 7.71. The van der Waals surface area contributed by atoms with Gasteiger partial charge in [-0.2, -0.15) is 0 Å². The summed E-state index contributed by atoms with van der Waals surface area (Å²) in [4.78, 5) is 42.8. The van der Waals surface area contributed by atoms with E-state index >= 15 is 0 Å². The molecule has 2 N–H and O–H groups in total. The fraction of sp³-hybridized carbons (Fsp3) is 0.385. The topological polar surface area (TPSA) is 111 Å². The van der Waals surface area contributed by atoms with Crippen molar-refractivity contribution in [3.05, 3.63) is 61.7 Å². The summed E-state index contributed by atoms with van der Waals surface area (Å²) in [7, 11) is 0.